The van der Waals surface area contributed by atoms with Gasteiger partial charge in [-0.2, -0.15) is 5.26 Å². The molecule has 6 heteroatoms. The molecule has 16 heavy (non-hydrogen) atoms. The van der Waals surface area contributed by atoms with Gasteiger partial charge in [-0.25, -0.2) is 4.98 Å². The Morgan fingerprint density at radius 1 is 1.44 bits per heavy atom. The molecule has 0 unspecified atom stereocenters. The van der Waals surface area contributed by atoms with E-state index in [9.17, 15) is 4.79 Å². The highest BCUT2D eigenvalue weighted by atomic mass is 16.1. The second-order valence-corrected chi connectivity index (χ2v) is 3.66. The molecule has 0 aromatic carbocycles. The maximum absolute atomic E-state index is 11.5. The lowest BCUT2D eigenvalue weighted by molar-refractivity contribution is 0.286. The van der Waals surface area contributed by atoms with Crippen LogP contribution in [0.5, 0.6) is 0 Å². The molecular formula is C10H13N5O. The molecule has 0 atom stereocenters. The van der Waals surface area contributed by atoms with E-state index in [2.05, 4.69) is 20.9 Å². The van der Waals surface area contributed by atoms with Gasteiger partial charge >= 0.3 is 0 Å². The van der Waals surface area contributed by atoms with Crippen LogP contribution in [0.2, 0.25) is 0 Å². The number of nitrogens with zero attached hydrogens (tertiary/aromatic N) is 4. The minimum Gasteiger partial charge on any atom is -0.349 e. The average Bonchev–Trinajstić information content (AvgIpc) is 2.31. The van der Waals surface area contributed by atoms with Crippen LogP contribution in [0.4, 0.5) is 5.82 Å². The highest BCUT2D eigenvalue weighted by Crippen LogP contribution is 2.07. The average molecular weight is 219 g/mol. The third-order valence-corrected chi connectivity index (χ3v) is 2.66. The summed E-state index contributed by atoms with van der Waals surface area (Å²) in [5, 5.41) is 8.57. The minimum absolute atomic E-state index is 0.156. The first-order chi connectivity index (χ1) is 7.81. The van der Waals surface area contributed by atoms with Gasteiger partial charge in [-0.1, -0.05) is 0 Å². The quantitative estimate of drug-likeness (QED) is 0.673. The molecule has 0 aliphatic carbocycles. The maximum Gasteiger partial charge on any atom is 0.290 e. The largest absolute Gasteiger partial charge is 0.349 e. The second kappa shape index (κ2) is 4.77. The number of anilines is 1. The first-order valence-electron chi connectivity index (χ1n) is 5.19. The Balaban J connectivity index is 2.03. The Kier molecular flexibility index (Phi) is 3.17. The van der Waals surface area contributed by atoms with Gasteiger partial charge in [-0.05, 0) is 0 Å². The van der Waals surface area contributed by atoms with Crippen LogP contribution in [0.1, 0.15) is 0 Å². The Bertz CT molecular complexity index is 441. The molecule has 84 valence electrons. The van der Waals surface area contributed by atoms with Gasteiger partial charge in [-0.3, -0.25) is 9.69 Å². The Morgan fingerprint density at radius 2 is 2.19 bits per heavy atom. The van der Waals surface area contributed by atoms with E-state index in [0.717, 1.165) is 26.2 Å². The smallest absolute Gasteiger partial charge is 0.290 e. The van der Waals surface area contributed by atoms with Crippen LogP contribution in [0.25, 0.3) is 0 Å². The molecule has 1 aromatic heterocycles. The fraction of sp³-hybridized carbons (Fsp3) is 0.500. The highest BCUT2D eigenvalue weighted by Gasteiger charge is 2.19. The van der Waals surface area contributed by atoms with Crippen molar-refractivity contribution >= 4 is 5.82 Å². The van der Waals surface area contributed by atoms with Crippen molar-refractivity contribution in [1.82, 2.24) is 14.9 Å². The van der Waals surface area contributed by atoms with Gasteiger partial charge < -0.3 is 9.88 Å². The van der Waals surface area contributed by atoms with Crippen LogP contribution in [0.3, 0.4) is 0 Å². The van der Waals surface area contributed by atoms with Crippen LogP contribution in [-0.4, -0.2) is 47.6 Å². The zero-order chi connectivity index (χ0) is 11.4. The molecule has 1 saturated heterocycles. The lowest BCUT2D eigenvalue weighted by atomic mass is 10.3. The van der Waals surface area contributed by atoms with Crippen LogP contribution >= 0.6 is 0 Å². The molecule has 0 radical (unpaired) electrons. The summed E-state index contributed by atoms with van der Waals surface area (Å²) >= 11 is 0. The fourth-order valence-corrected chi connectivity index (χ4v) is 1.79. The maximum atomic E-state index is 11.5. The lowest BCUT2D eigenvalue weighted by Crippen LogP contribution is -2.48. The van der Waals surface area contributed by atoms with E-state index < -0.39 is 0 Å². The fourth-order valence-electron chi connectivity index (χ4n) is 1.79. The predicted octanol–water partition coefficient (Wildman–Crippen LogP) is -0.585. The van der Waals surface area contributed by atoms with Gasteiger partial charge in [0.25, 0.3) is 5.56 Å². The predicted molar refractivity (Wildman–Crippen MR) is 59.1 cm³/mol. The minimum atomic E-state index is -0.156. The molecule has 0 amide bonds. The number of nitrogens with one attached hydrogen (secondary N) is 1. The van der Waals surface area contributed by atoms with Gasteiger partial charge in [0, 0.05) is 38.6 Å². The number of H-pyrrole nitrogens is 1. The summed E-state index contributed by atoms with van der Waals surface area (Å²) in [5.41, 5.74) is -0.156. The molecule has 1 fully saturated rings. The van der Waals surface area contributed by atoms with E-state index >= 15 is 0 Å². The van der Waals surface area contributed by atoms with Crippen molar-refractivity contribution < 1.29 is 0 Å². The van der Waals surface area contributed by atoms with Gasteiger partial charge in [0.1, 0.15) is 0 Å². The molecule has 1 aliphatic rings. The third kappa shape index (κ3) is 2.20. The summed E-state index contributed by atoms with van der Waals surface area (Å²) in [4.78, 5) is 22.2. The SMILES string of the molecule is N#CCN1CCN(c2ncc[nH]c2=O)CC1. The van der Waals surface area contributed by atoms with E-state index in [4.69, 9.17) is 5.26 Å². The molecule has 0 spiro atoms. The summed E-state index contributed by atoms with van der Waals surface area (Å²) < 4.78 is 0. The summed E-state index contributed by atoms with van der Waals surface area (Å²) in [5.74, 6) is 0.471. The summed E-state index contributed by atoms with van der Waals surface area (Å²) in [6.45, 7) is 3.52. The van der Waals surface area contributed by atoms with Crippen molar-refractivity contribution in [3.8, 4) is 6.07 Å². The van der Waals surface area contributed by atoms with E-state index in [1.165, 1.54) is 6.20 Å². The second-order valence-electron chi connectivity index (χ2n) is 3.66. The number of rotatable bonds is 2. The first-order valence-corrected chi connectivity index (χ1v) is 5.19. The summed E-state index contributed by atoms with van der Waals surface area (Å²) in [7, 11) is 0. The van der Waals surface area contributed by atoms with Crippen molar-refractivity contribution in [3.05, 3.63) is 22.7 Å². The monoisotopic (exact) mass is 219 g/mol. The topological polar surface area (TPSA) is 76.0 Å². The van der Waals surface area contributed by atoms with Crippen molar-refractivity contribution in [1.29, 1.82) is 5.26 Å². The van der Waals surface area contributed by atoms with E-state index in [-0.39, 0.29) is 5.56 Å². The standard InChI is InChI=1S/C10H13N5O/c11-1-4-14-5-7-15(8-6-14)9-10(16)13-3-2-12-9/h2-3H,4-8H2,(H,13,16). The van der Waals surface area contributed by atoms with Crippen molar-refractivity contribution in [2.45, 2.75) is 0 Å². The van der Waals surface area contributed by atoms with Gasteiger partial charge in [0.15, 0.2) is 5.82 Å². The van der Waals surface area contributed by atoms with Gasteiger partial charge in [-0.15, -0.1) is 0 Å². The number of nitriles is 1. The third-order valence-electron chi connectivity index (χ3n) is 2.66. The van der Waals surface area contributed by atoms with Crippen LogP contribution in [-0.2, 0) is 0 Å². The van der Waals surface area contributed by atoms with Crippen LogP contribution in [0, 0.1) is 11.3 Å². The van der Waals surface area contributed by atoms with Crippen LogP contribution in [0.15, 0.2) is 17.2 Å². The van der Waals surface area contributed by atoms with Gasteiger partial charge in [0.05, 0.1) is 12.6 Å². The molecule has 1 aromatic rings. The number of hydrogen-bond donors (Lipinski definition) is 1. The molecule has 0 saturated carbocycles. The summed E-state index contributed by atoms with van der Waals surface area (Å²) in [6.07, 6.45) is 3.11. The zero-order valence-electron chi connectivity index (χ0n) is 8.89. The van der Waals surface area contributed by atoms with Crippen molar-refractivity contribution in [2.24, 2.45) is 0 Å². The normalized spacial score (nSPS) is 17.1. The first kappa shape index (κ1) is 10.6. The molecule has 1 aliphatic heterocycles. The highest BCUT2D eigenvalue weighted by molar-refractivity contribution is 5.35. The molecule has 6 nitrogen and oxygen atoms in total. The number of aromatic nitrogens is 2. The Labute approximate surface area is 93.1 Å². The van der Waals surface area contributed by atoms with Crippen molar-refractivity contribution in [2.75, 3.05) is 37.6 Å². The Hall–Kier alpha value is -1.87. The summed E-state index contributed by atoms with van der Waals surface area (Å²) in [6, 6.07) is 2.13. The molecule has 1 N–H and O–H groups in total. The van der Waals surface area contributed by atoms with E-state index in [1.807, 2.05) is 4.90 Å². The molecule has 0 bridgehead atoms. The molecule has 2 rings (SSSR count). The number of piperazine rings is 1. The Morgan fingerprint density at radius 3 is 2.81 bits per heavy atom. The van der Waals surface area contributed by atoms with E-state index in [1.54, 1.807) is 6.20 Å². The van der Waals surface area contributed by atoms with Gasteiger partial charge in [0.2, 0.25) is 0 Å². The number of aromatic amines is 1. The van der Waals surface area contributed by atoms with Crippen LogP contribution < -0.4 is 10.5 Å². The molecular weight excluding hydrogens is 206 g/mol. The number of hydrogen-bond acceptors (Lipinski definition) is 5. The zero-order valence-corrected chi connectivity index (χ0v) is 8.89. The van der Waals surface area contributed by atoms with E-state index in [0.29, 0.717) is 12.4 Å². The molecule has 2 heterocycles. The van der Waals surface area contributed by atoms with Crippen molar-refractivity contribution in [3.63, 3.8) is 0 Å². The lowest BCUT2D eigenvalue weighted by Gasteiger charge is -2.33.